The third kappa shape index (κ3) is 10.9. The van der Waals surface area contributed by atoms with Gasteiger partial charge < -0.3 is 18.0 Å². The van der Waals surface area contributed by atoms with Gasteiger partial charge in [-0.25, -0.2) is 29.9 Å². The minimum atomic E-state index is -0.496. The molecule has 0 aliphatic heterocycles. The maximum atomic E-state index is 8.93. The number of aromatic nitrogens is 8. The van der Waals surface area contributed by atoms with E-state index in [1.807, 2.05) is 121 Å². The van der Waals surface area contributed by atoms with Crippen molar-refractivity contribution in [3.8, 4) is 102 Å². The molecule has 0 saturated carbocycles. The highest BCUT2D eigenvalue weighted by Gasteiger charge is 2.27. The monoisotopic (exact) mass is 1490 g/mol. The summed E-state index contributed by atoms with van der Waals surface area (Å²) in [5.74, 6) is 0.888. The van der Waals surface area contributed by atoms with Crippen molar-refractivity contribution in [1.29, 1.82) is 0 Å². The van der Waals surface area contributed by atoms with Gasteiger partial charge in [0.25, 0.3) is 0 Å². The zero-order chi connectivity index (χ0) is 85.0. The van der Waals surface area contributed by atoms with E-state index in [1.54, 1.807) is 0 Å². The molecule has 0 fully saturated rings. The lowest BCUT2D eigenvalue weighted by Crippen LogP contribution is -2.01. The van der Waals surface area contributed by atoms with Crippen LogP contribution in [0.4, 0.5) is 0 Å². The standard InChI is InChI=1S/2C53H32N4O/c1-3-15-34(16-4-1)51-54-52(35-17-5-2-6-18-35)56-53(55-51)46-32-38(57-47-24-11-9-20-42(47)43-21-10-12-25-48(43)57)31-45-44-23-13-22-41(49(44)58-50(45)46)37-28-29-40-36(30-37)27-26-33-14-7-8-19-39(33)40;1-3-16-33(17-4-1)51-54-52(34-18-5-2-6-19-34)56-53(55-51)46-32-36(57-47-28-13-11-24-40(47)41-25-12-14-29-48(41)57)31-45-43-27-15-26-42(49(43)58-50(45)46)44-30-35-20-7-8-21-37(35)38-22-9-10-23-39(38)44/h2*1-32H/i1D,3D,4D,15D,16D;1D,3D,4D,16D,17D. The van der Waals surface area contributed by atoms with Crippen LogP contribution in [0.1, 0.15) is 13.7 Å². The fraction of sp³-hybridized carbons (Fsp3) is 0. The second-order valence-electron chi connectivity index (χ2n) is 28.8. The van der Waals surface area contributed by atoms with Crippen LogP contribution in [0.5, 0.6) is 0 Å². The Morgan fingerprint density at radius 1 is 0.198 bits per heavy atom. The summed E-state index contributed by atoms with van der Waals surface area (Å²) in [5, 5.41) is 17.1. The van der Waals surface area contributed by atoms with Crippen molar-refractivity contribution in [2.75, 3.05) is 0 Å². The Hall–Kier alpha value is -15.8. The lowest BCUT2D eigenvalue weighted by atomic mass is 9.92. The lowest BCUT2D eigenvalue weighted by molar-refractivity contribution is 0.670. The molecule has 10 nitrogen and oxygen atoms in total. The van der Waals surface area contributed by atoms with E-state index in [0.29, 0.717) is 44.6 Å². The van der Waals surface area contributed by atoms with E-state index in [-0.39, 0.29) is 46.1 Å². The Bertz CT molecular complexity index is 8610. The molecule has 116 heavy (non-hydrogen) atoms. The molecule has 540 valence electrons. The van der Waals surface area contributed by atoms with Gasteiger partial charge in [0.1, 0.15) is 22.3 Å². The van der Waals surface area contributed by atoms with E-state index in [2.05, 4.69) is 215 Å². The smallest absolute Gasteiger partial charge is 0.167 e. The number of rotatable bonds is 10. The molecule has 0 aliphatic rings. The predicted octanol–water partition coefficient (Wildman–Crippen LogP) is 27.7. The fourth-order valence-corrected chi connectivity index (χ4v) is 17.0. The molecule has 24 rings (SSSR count). The zero-order valence-corrected chi connectivity index (χ0v) is 61.6. The summed E-state index contributed by atoms with van der Waals surface area (Å²) in [6, 6.07) is 107. The Morgan fingerprint density at radius 3 is 1.05 bits per heavy atom. The minimum Gasteiger partial charge on any atom is -0.455 e. The van der Waals surface area contributed by atoms with Gasteiger partial charge in [-0.05, 0) is 115 Å². The van der Waals surface area contributed by atoms with Crippen LogP contribution in [0.2, 0.25) is 0 Å². The van der Waals surface area contributed by atoms with Crippen LogP contribution in [0, 0.1) is 0 Å². The first-order valence-corrected chi connectivity index (χ1v) is 38.2. The highest BCUT2D eigenvalue weighted by Crippen LogP contribution is 2.48. The van der Waals surface area contributed by atoms with E-state index in [4.69, 9.17) is 52.4 Å². The first kappa shape index (κ1) is 56.4. The van der Waals surface area contributed by atoms with Crippen molar-refractivity contribution >= 4 is 131 Å². The van der Waals surface area contributed by atoms with Crippen molar-refractivity contribution in [3.63, 3.8) is 0 Å². The molecule has 0 N–H and O–H groups in total. The third-order valence-electron chi connectivity index (χ3n) is 22.2. The van der Waals surface area contributed by atoms with Gasteiger partial charge in [-0.2, -0.15) is 0 Å². The Kier molecular flexibility index (Phi) is 13.1. The van der Waals surface area contributed by atoms with Crippen LogP contribution in [0.3, 0.4) is 0 Å². The highest BCUT2D eigenvalue weighted by atomic mass is 16.3. The number of fused-ring (bicyclic) bond motifs is 18. The lowest BCUT2D eigenvalue weighted by Gasteiger charge is -2.12. The quantitative estimate of drug-likeness (QED) is 0.124. The second kappa shape index (κ2) is 27.0. The van der Waals surface area contributed by atoms with E-state index < -0.39 is 60.4 Å². The van der Waals surface area contributed by atoms with Crippen molar-refractivity contribution in [3.05, 3.63) is 388 Å². The minimum absolute atomic E-state index is 0.0493. The molecule has 0 radical (unpaired) electrons. The summed E-state index contributed by atoms with van der Waals surface area (Å²) in [4.78, 5) is 29.7. The molecule has 0 amide bonds. The molecule has 10 heteroatoms. The average molecular weight is 1490 g/mol. The Morgan fingerprint density at radius 2 is 0.552 bits per heavy atom. The molecule has 0 bridgehead atoms. The maximum Gasteiger partial charge on any atom is 0.167 e. The van der Waals surface area contributed by atoms with Crippen molar-refractivity contribution in [2.45, 2.75) is 0 Å². The van der Waals surface area contributed by atoms with Crippen LogP contribution in [-0.4, -0.2) is 39.0 Å². The second-order valence-corrected chi connectivity index (χ2v) is 28.8. The number of furan rings is 2. The SMILES string of the molecule is [2H]c1c([2H])c([2H])c(-c2nc(-c3ccccc3)nc(-c3cc(-n4c5ccccc5c5ccccc54)cc4c3oc3c(-c5cc6ccccc6c6ccccc56)cccc34)n2)c([2H])c1[2H].[2H]c1c([2H])c([2H])c(-c2nc(-c3ccccc3)nc(-c3cc(-n4c5ccccc5c5ccccc54)cc4c3oc3c(-c5ccc6c(ccc7ccccc76)c5)cccc34)n2)c([2H])c1[2H]. The Balaban J connectivity index is 0.000000145. The molecule has 0 saturated heterocycles. The zero-order valence-electron chi connectivity index (χ0n) is 71.6. The number of para-hydroxylation sites is 6. The van der Waals surface area contributed by atoms with E-state index >= 15 is 0 Å². The predicted molar refractivity (Wildman–Crippen MR) is 476 cm³/mol. The van der Waals surface area contributed by atoms with Gasteiger partial charge >= 0.3 is 0 Å². The average Bonchev–Trinajstić information content (AvgIpc) is 1.54. The van der Waals surface area contributed by atoms with Crippen molar-refractivity contribution in [2.24, 2.45) is 0 Å². The van der Waals surface area contributed by atoms with Crippen LogP contribution in [0.25, 0.3) is 233 Å². The number of nitrogens with zero attached hydrogens (tertiary/aromatic N) is 8. The van der Waals surface area contributed by atoms with E-state index in [9.17, 15) is 0 Å². The van der Waals surface area contributed by atoms with Crippen LogP contribution in [-0.2, 0) is 0 Å². The third-order valence-corrected chi connectivity index (χ3v) is 22.2. The Labute approximate surface area is 678 Å². The van der Waals surface area contributed by atoms with E-state index in [0.717, 1.165) is 120 Å². The summed E-state index contributed by atoms with van der Waals surface area (Å²) < 4.78 is 105. The van der Waals surface area contributed by atoms with Crippen LogP contribution < -0.4 is 0 Å². The molecule has 0 spiro atoms. The van der Waals surface area contributed by atoms with Gasteiger partial charge in [-0.1, -0.05) is 327 Å². The van der Waals surface area contributed by atoms with E-state index in [1.165, 1.54) is 21.5 Å². The van der Waals surface area contributed by atoms with Crippen LogP contribution >= 0.6 is 0 Å². The van der Waals surface area contributed by atoms with Crippen LogP contribution in [0.15, 0.2) is 397 Å². The highest BCUT2D eigenvalue weighted by molar-refractivity contribution is 6.21. The summed E-state index contributed by atoms with van der Waals surface area (Å²) in [5.41, 5.74) is 14.3. The molecule has 0 unspecified atom stereocenters. The van der Waals surface area contributed by atoms with Gasteiger partial charge in [0.2, 0.25) is 0 Å². The molecule has 18 aromatic carbocycles. The summed E-state index contributed by atoms with van der Waals surface area (Å²) in [6.45, 7) is 0. The van der Waals surface area contributed by atoms with Crippen molar-refractivity contribution < 1.29 is 22.5 Å². The summed E-state index contributed by atoms with van der Waals surface area (Å²) >= 11 is 0. The molecule has 6 heterocycles. The fourth-order valence-electron chi connectivity index (χ4n) is 17.0. The topological polar surface area (TPSA) is 113 Å². The summed E-state index contributed by atoms with van der Waals surface area (Å²) in [6.07, 6.45) is 0. The van der Waals surface area contributed by atoms with Gasteiger partial charge in [-0.3, -0.25) is 0 Å². The molecular weight excluding hydrogens is 1420 g/mol. The number of hydrogen-bond donors (Lipinski definition) is 0. The van der Waals surface area contributed by atoms with Gasteiger partial charge in [0, 0.05) is 87.8 Å². The molecule has 0 atom stereocenters. The molecular formula is C106H64N8O2. The molecule has 24 aromatic rings. The maximum absolute atomic E-state index is 8.93. The summed E-state index contributed by atoms with van der Waals surface area (Å²) in [7, 11) is 0. The van der Waals surface area contributed by atoms with Gasteiger partial charge in [0.05, 0.1) is 46.9 Å². The first-order valence-electron chi connectivity index (χ1n) is 43.2. The first-order chi connectivity index (χ1) is 61.7. The normalized spacial score (nSPS) is 13.0. The number of hydrogen-bond acceptors (Lipinski definition) is 8. The van der Waals surface area contributed by atoms with Crippen molar-refractivity contribution in [1.82, 2.24) is 39.0 Å². The molecule has 0 aliphatic carbocycles. The van der Waals surface area contributed by atoms with Gasteiger partial charge in [-0.15, -0.1) is 0 Å². The molecule has 6 aromatic heterocycles. The van der Waals surface area contributed by atoms with Gasteiger partial charge in [0.15, 0.2) is 34.9 Å². The largest absolute Gasteiger partial charge is 0.455 e. The number of benzene rings is 18.